The van der Waals surface area contributed by atoms with Crippen LogP contribution in [0.1, 0.15) is 57.3 Å². The van der Waals surface area contributed by atoms with Gasteiger partial charge < -0.3 is 9.88 Å². The summed E-state index contributed by atoms with van der Waals surface area (Å²) < 4.78 is 15.4. The molecule has 1 aromatic heterocycles. The van der Waals surface area contributed by atoms with Gasteiger partial charge in [0, 0.05) is 24.2 Å². The number of aryl methyl sites for hydroxylation is 1. The highest BCUT2D eigenvalue weighted by Gasteiger charge is 2.59. The van der Waals surface area contributed by atoms with E-state index in [2.05, 4.69) is 26.1 Å². The lowest BCUT2D eigenvalue weighted by Crippen LogP contribution is -2.53. The maximum atomic E-state index is 13.6. The van der Waals surface area contributed by atoms with Crippen molar-refractivity contribution in [3.05, 3.63) is 46.0 Å². The third-order valence-electron chi connectivity index (χ3n) is 7.17. The van der Waals surface area contributed by atoms with Crippen molar-refractivity contribution in [3.8, 4) is 0 Å². The Hall–Kier alpha value is -2.17. The summed E-state index contributed by atoms with van der Waals surface area (Å²) >= 11 is 0. The highest BCUT2D eigenvalue weighted by molar-refractivity contribution is 5.97. The average Bonchev–Trinajstić information content (AvgIpc) is 3.10. The summed E-state index contributed by atoms with van der Waals surface area (Å²) in [6, 6.07) is 4.14. The summed E-state index contributed by atoms with van der Waals surface area (Å²) in [6.07, 6.45) is 5.02. The zero-order chi connectivity index (χ0) is 19.6. The van der Waals surface area contributed by atoms with Crippen molar-refractivity contribution in [3.63, 3.8) is 0 Å². The summed E-state index contributed by atoms with van der Waals surface area (Å²) in [4.78, 5) is 26.0. The molecule has 5 heteroatoms. The maximum absolute atomic E-state index is 13.6. The summed E-state index contributed by atoms with van der Waals surface area (Å²) in [5, 5.41) is 3.58. The number of aromatic nitrogens is 1. The van der Waals surface area contributed by atoms with Gasteiger partial charge in [0.25, 0.3) is 5.91 Å². The van der Waals surface area contributed by atoms with E-state index in [0.717, 1.165) is 12.8 Å². The summed E-state index contributed by atoms with van der Waals surface area (Å²) in [6.45, 7) is 9.16. The first-order chi connectivity index (χ1) is 12.7. The van der Waals surface area contributed by atoms with E-state index in [1.165, 1.54) is 24.6 Å². The zero-order valence-electron chi connectivity index (χ0n) is 16.4. The molecule has 144 valence electrons. The largest absolute Gasteiger partial charge is 0.348 e. The summed E-state index contributed by atoms with van der Waals surface area (Å²) in [5.74, 6) is -0.0992. The molecule has 2 aliphatic rings. The van der Waals surface area contributed by atoms with E-state index in [1.807, 2.05) is 6.92 Å². The maximum Gasteiger partial charge on any atom is 0.257 e. The fraction of sp³-hybridized carbons (Fsp3) is 0.545. The molecule has 1 N–H and O–H groups in total. The van der Waals surface area contributed by atoms with Gasteiger partial charge in [-0.2, -0.15) is 0 Å². The lowest BCUT2D eigenvalue weighted by Gasteiger charge is -2.43. The van der Waals surface area contributed by atoms with E-state index in [0.29, 0.717) is 23.4 Å². The van der Waals surface area contributed by atoms with Crippen LogP contribution in [0.4, 0.5) is 4.39 Å². The first-order valence-electron chi connectivity index (χ1n) is 9.81. The number of nitrogens with one attached hydrogen (secondary N) is 1. The first-order valence-corrected chi connectivity index (χ1v) is 9.81. The number of benzene rings is 1. The predicted molar refractivity (Wildman–Crippen MR) is 104 cm³/mol. The van der Waals surface area contributed by atoms with Gasteiger partial charge in [-0.1, -0.05) is 20.8 Å². The molecule has 1 amide bonds. The van der Waals surface area contributed by atoms with Crippen LogP contribution in [0.3, 0.4) is 0 Å². The molecule has 2 fully saturated rings. The van der Waals surface area contributed by atoms with Crippen LogP contribution in [-0.4, -0.2) is 16.5 Å². The lowest BCUT2D eigenvalue weighted by molar-refractivity contribution is 0.0736. The fourth-order valence-electron chi connectivity index (χ4n) is 5.66. The third kappa shape index (κ3) is 2.62. The van der Waals surface area contributed by atoms with Crippen molar-refractivity contribution < 1.29 is 9.18 Å². The Morgan fingerprint density at radius 3 is 2.70 bits per heavy atom. The Morgan fingerprint density at radius 1 is 1.33 bits per heavy atom. The fourth-order valence-corrected chi connectivity index (χ4v) is 5.66. The van der Waals surface area contributed by atoms with Gasteiger partial charge in [-0.25, -0.2) is 4.39 Å². The SMILES string of the molecule is CCn1cc(C(=O)N[C@@H]2C(C)(C)[C@@H]3CC[C@]2(C)C3)c(=O)c2ccc(F)cc21. The highest BCUT2D eigenvalue weighted by Crippen LogP contribution is 2.62. The molecule has 0 spiro atoms. The first kappa shape index (κ1) is 18.2. The van der Waals surface area contributed by atoms with Crippen LogP contribution >= 0.6 is 0 Å². The zero-order valence-corrected chi connectivity index (χ0v) is 16.4. The summed E-state index contributed by atoms with van der Waals surface area (Å²) in [5.41, 5.74) is 0.433. The minimum Gasteiger partial charge on any atom is -0.348 e. The van der Waals surface area contributed by atoms with Crippen LogP contribution in [0, 0.1) is 22.6 Å². The molecular formula is C22H27FN2O2. The van der Waals surface area contributed by atoms with Gasteiger partial charge in [0.05, 0.1) is 5.52 Å². The average molecular weight is 370 g/mol. The smallest absolute Gasteiger partial charge is 0.257 e. The molecule has 0 unspecified atom stereocenters. The molecule has 2 saturated carbocycles. The highest BCUT2D eigenvalue weighted by atomic mass is 19.1. The van der Waals surface area contributed by atoms with E-state index < -0.39 is 5.82 Å². The van der Waals surface area contributed by atoms with Gasteiger partial charge in [0.2, 0.25) is 5.43 Å². The van der Waals surface area contributed by atoms with Crippen molar-refractivity contribution >= 4 is 16.8 Å². The quantitative estimate of drug-likeness (QED) is 0.884. The van der Waals surface area contributed by atoms with E-state index in [4.69, 9.17) is 0 Å². The van der Waals surface area contributed by atoms with Crippen molar-refractivity contribution in [2.24, 2.45) is 16.7 Å². The van der Waals surface area contributed by atoms with Crippen molar-refractivity contribution in [1.29, 1.82) is 0 Å². The van der Waals surface area contributed by atoms with Crippen LogP contribution < -0.4 is 10.7 Å². The number of pyridine rings is 1. The number of hydrogen-bond acceptors (Lipinski definition) is 2. The minimum absolute atomic E-state index is 0.0203. The molecule has 3 atom stereocenters. The monoisotopic (exact) mass is 370 g/mol. The lowest BCUT2D eigenvalue weighted by atomic mass is 9.68. The number of carbonyl (C=O) groups is 1. The van der Waals surface area contributed by atoms with Crippen molar-refractivity contribution in [1.82, 2.24) is 9.88 Å². The van der Waals surface area contributed by atoms with Gasteiger partial charge in [-0.3, -0.25) is 9.59 Å². The van der Waals surface area contributed by atoms with Gasteiger partial charge >= 0.3 is 0 Å². The van der Waals surface area contributed by atoms with Crippen LogP contribution in [0.15, 0.2) is 29.2 Å². The second-order valence-corrected chi connectivity index (χ2v) is 9.14. The Morgan fingerprint density at radius 2 is 2.07 bits per heavy atom. The van der Waals surface area contributed by atoms with Gasteiger partial charge in [-0.15, -0.1) is 0 Å². The topological polar surface area (TPSA) is 51.1 Å². The molecule has 1 aromatic carbocycles. The molecule has 27 heavy (non-hydrogen) atoms. The van der Waals surface area contributed by atoms with Crippen molar-refractivity contribution in [2.45, 2.75) is 59.5 Å². The van der Waals surface area contributed by atoms with Crippen LogP contribution in [0.5, 0.6) is 0 Å². The van der Waals surface area contributed by atoms with E-state index in [1.54, 1.807) is 10.8 Å². The Bertz CT molecular complexity index is 989. The normalized spacial score (nSPS) is 28.6. The van der Waals surface area contributed by atoms with E-state index in [9.17, 15) is 14.0 Å². The van der Waals surface area contributed by atoms with E-state index in [-0.39, 0.29) is 33.8 Å². The van der Waals surface area contributed by atoms with Crippen molar-refractivity contribution in [2.75, 3.05) is 0 Å². The number of fused-ring (bicyclic) bond motifs is 3. The van der Waals surface area contributed by atoms with Gasteiger partial charge in [-0.05, 0) is 61.1 Å². The molecule has 0 saturated heterocycles. The molecule has 4 nitrogen and oxygen atoms in total. The van der Waals surface area contributed by atoms with Gasteiger partial charge in [0.15, 0.2) is 0 Å². The third-order valence-corrected chi connectivity index (χ3v) is 7.17. The predicted octanol–water partition coefficient (Wildman–Crippen LogP) is 4.11. The standard InChI is InChI=1S/C22H27FN2O2/c1-5-25-12-16(18(26)15-7-6-14(23)10-17(15)25)19(27)24-20-21(2,3)13-8-9-22(20,4)11-13/h6-7,10,12-13,20H,5,8-9,11H2,1-4H3,(H,24,27)/t13-,20-,22-/m1/s1. The Kier molecular flexibility index (Phi) is 3.99. The molecule has 0 aliphatic heterocycles. The number of carbonyl (C=O) groups excluding carboxylic acids is 1. The van der Waals surface area contributed by atoms with Crippen LogP contribution in [0.2, 0.25) is 0 Å². The molecule has 2 aliphatic carbocycles. The second kappa shape index (κ2) is 5.91. The second-order valence-electron chi connectivity index (χ2n) is 9.14. The molecular weight excluding hydrogens is 343 g/mol. The minimum atomic E-state index is -0.391. The molecule has 0 radical (unpaired) electrons. The Labute approximate surface area is 158 Å². The summed E-state index contributed by atoms with van der Waals surface area (Å²) in [7, 11) is 0. The van der Waals surface area contributed by atoms with Crippen LogP contribution in [0.25, 0.3) is 10.9 Å². The van der Waals surface area contributed by atoms with Gasteiger partial charge in [0.1, 0.15) is 11.4 Å². The number of hydrogen-bond donors (Lipinski definition) is 1. The molecule has 2 bridgehead atoms. The molecule has 1 heterocycles. The van der Waals surface area contributed by atoms with Crippen LogP contribution in [-0.2, 0) is 6.54 Å². The number of halogens is 1. The molecule has 4 rings (SSSR count). The number of rotatable bonds is 3. The molecule has 2 aromatic rings. The number of nitrogens with zero attached hydrogens (tertiary/aromatic N) is 1. The van der Waals surface area contributed by atoms with E-state index >= 15 is 0 Å². The number of amides is 1. The Balaban J connectivity index is 1.75.